The Kier molecular flexibility index (Phi) is 4.68. The van der Waals surface area contributed by atoms with Crippen molar-refractivity contribution in [3.63, 3.8) is 0 Å². The van der Waals surface area contributed by atoms with Gasteiger partial charge in [-0.2, -0.15) is 0 Å². The van der Waals surface area contributed by atoms with Gasteiger partial charge in [0.25, 0.3) is 0 Å². The number of carbonyl (C=O) groups is 2. The van der Waals surface area contributed by atoms with Crippen molar-refractivity contribution in [3.05, 3.63) is 57.2 Å². The third kappa shape index (κ3) is 3.26. The molecule has 3 rings (SSSR count). The van der Waals surface area contributed by atoms with Crippen molar-refractivity contribution < 1.29 is 9.59 Å². The maximum atomic E-state index is 12.6. The number of amides is 2. The zero-order valence-corrected chi connectivity index (χ0v) is 14.2. The predicted octanol–water partition coefficient (Wildman–Crippen LogP) is 3.24. The van der Waals surface area contributed by atoms with Gasteiger partial charge in [-0.05, 0) is 23.1 Å². The molecule has 1 N–H and O–H groups in total. The van der Waals surface area contributed by atoms with E-state index in [2.05, 4.69) is 5.32 Å². The van der Waals surface area contributed by atoms with Crippen LogP contribution in [0, 0.1) is 5.92 Å². The molecule has 120 valence electrons. The molecule has 0 bridgehead atoms. The van der Waals surface area contributed by atoms with E-state index in [1.807, 2.05) is 35.7 Å². The van der Waals surface area contributed by atoms with Crippen LogP contribution in [0.4, 0.5) is 0 Å². The molecular formula is C17H17ClN2O2S. The van der Waals surface area contributed by atoms with Crippen molar-refractivity contribution >= 4 is 34.8 Å². The van der Waals surface area contributed by atoms with Crippen LogP contribution in [0.3, 0.4) is 0 Å². The lowest BCUT2D eigenvalue weighted by Gasteiger charge is -2.23. The van der Waals surface area contributed by atoms with E-state index in [0.717, 1.165) is 10.4 Å². The molecule has 1 aromatic heterocycles. The third-order valence-corrected chi connectivity index (χ3v) is 5.48. The highest BCUT2D eigenvalue weighted by atomic mass is 35.5. The maximum Gasteiger partial charge on any atom is 0.226 e. The normalized spacial score (nSPS) is 20.8. The van der Waals surface area contributed by atoms with E-state index in [4.69, 9.17) is 11.6 Å². The second-order valence-electron chi connectivity index (χ2n) is 5.58. The summed E-state index contributed by atoms with van der Waals surface area (Å²) < 4.78 is 0. The molecule has 0 saturated carbocycles. The monoisotopic (exact) mass is 348 g/mol. The number of carbonyl (C=O) groups excluding carboxylic acids is 2. The van der Waals surface area contributed by atoms with E-state index in [1.54, 1.807) is 29.4 Å². The van der Waals surface area contributed by atoms with Crippen molar-refractivity contribution in [2.45, 2.75) is 19.0 Å². The van der Waals surface area contributed by atoms with Gasteiger partial charge in [0.2, 0.25) is 11.8 Å². The largest absolute Gasteiger partial charge is 0.352 e. The molecule has 1 fully saturated rings. The first kappa shape index (κ1) is 16.0. The molecule has 2 aromatic rings. The minimum absolute atomic E-state index is 0.00120. The molecule has 23 heavy (non-hydrogen) atoms. The van der Waals surface area contributed by atoms with Gasteiger partial charge in [0, 0.05) is 29.9 Å². The van der Waals surface area contributed by atoms with Gasteiger partial charge in [-0.15, -0.1) is 11.3 Å². The topological polar surface area (TPSA) is 49.4 Å². The highest BCUT2D eigenvalue weighted by Gasteiger charge is 2.43. The standard InChI is InChI=1S/C17H17ClN2O2S/c1-20-15(21)9-12(16(20)14-7-4-8-23-14)17(22)19-10-11-5-2-3-6-13(11)18/h2-8,12,16H,9-10H2,1H3,(H,19,22)/t12-,16+/m1/s1. The lowest BCUT2D eigenvalue weighted by atomic mass is 9.98. The van der Waals surface area contributed by atoms with Gasteiger partial charge in [-0.1, -0.05) is 35.9 Å². The molecule has 4 nitrogen and oxygen atoms in total. The molecule has 2 heterocycles. The maximum absolute atomic E-state index is 12.6. The molecule has 2 amide bonds. The van der Waals surface area contributed by atoms with Crippen molar-refractivity contribution in [2.24, 2.45) is 5.92 Å². The summed E-state index contributed by atoms with van der Waals surface area (Å²) in [4.78, 5) is 27.4. The molecule has 0 unspecified atom stereocenters. The van der Waals surface area contributed by atoms with Crippen LogP contribution < -0.4 is 5.32 Å². The number of nitrogens with one attached hydrogen (secondary N) is 1. The first-order valence-corrected chi connectivity index (χ1v) is 8.64. The van der Waals surface area contributed by atoms with E-state index in [1.165, 1.54) is 0 Å². The van der Waals surface area contributed by atoms with Crippen molar-refractivity contribution in [3.8, 4) is 0 Å². The SMILES string of the molecule is CN1C(=O)C[C@@H](C(=O)NCc2ccccc2Cl)[C@H]1c1cccs1. The Morgan fingerprint density at radius 1 is 1.35 bits per heavy atom. The first-order chi connectivity index (χ1) is 11.1. The highest BCUT2D eigenvalue weighted by Crippen LogP contribution is 2.39. The van der Waals surface area contributed by atoms with Crippen LogP contribution in [-0.2, 0) is 16.1 Å². The number of thiophene rings is 1. The number of benzene rings is 1. The summed E-state index contributed by atoms with van der Waals surface area (Å²) in [5.74, 6) is -0.476. The third-order valence-electron chi connectivity index (χ3n) is 4.17. The number of rotatable bonds is 4. The van der Waals surface area contributed by atoms with E-state index < -0.39 is 0 Å². The van der Waals surface area contributed by atoms with Crippen LogP contribution in [0.15, 0.2) is 41.8 Å². The number of likely N-dealkylation sites (tertiary alicyclic amines) is 1. The molecular weight excluding hydrogens is 332 g/mol. The van der Waals surface area contributed by atoms with Gasteiger partial charge in [0.05, 0.1) is 12.0 Å². The smallest absolute Gasteiger partial charge is 0.226 e. The molecule has 0 aliphatic carbocycles. The van der Waals surface area contributed by atoms with Gasteiger partial charge in [-0.3, -0.25) is 9.59 Å². The molecule has 0 radical (unpaired) electrons. The van der Waals surface area contributed by atoms with Crippen molar-refractivity contribution in [2.75, 3.05) is 7.05 Å². The summed E-state index contributed by atoms with van der Waals surface area (Å²) in [7, 11) is 1.76. The molecule has 1 aliphatic heterocycles. The summed E-state index contributed by atoms with van der Waals surface area (Å²) >= 11 is 7.68. The average Bonchev–Trinajstić information content (AvgIpc) is 3.15. The summed E-state index contributed by atoms with van der Waals surface area (Å²) in [6.45, 7) is 0.365. The average molecular weight is 349 g/mol. The van der Waals surface area contributed by atoms with Crippen molar-refractivity contribution in [1.82, 2.24) is 10.2 Å². The van der Waals surface area contributed by atoms with Crippen LogP contribution in [0.25, 0.3) is 0 Å². The first-order valence-electron chi connectivity index (χ1n) is 7.38. The fourth-order valence-corrected chi connectivity index (χ4v) is 4.04. The van der Waals surface area contributed by atoms with Gasteiger partial charge in [0.1, 0.15) is 0 Å². The zero-order chi connectivity index (χ0) is 16.4. The summed E-state index contributed by atoms with van der Waals surface area (Å²) in [6, 6.07) is 11.1. The lowest BCUT2D eigenvalue weighted by Crippen LogP contribution is -2.34. The Balaban J connectivity index is 1.73. The lowest BCUT2D eigenvalue weighted by molar-refractivity contribution is -0.128. The molecule has 0 spiro atoms. The molecule has 1 aromatic carbocycles. The number of halogens is 1. The van der Waals surface area contributed by atoms with Crippen LogP contribution in [0.2, 0.25) is 5.02 Å². The fraction of sp³-hybridized carbons (Fsp3) is 0.294. The Labute approximate surface area is 144 Å². The summed E-state index contributed by atoms with van der Waals surface area (Å²) in [5, 5.41) is 5.51. The van der Waals surface area contributed by atoms with E-state index >= 15 is 0 Å². The van der Waals surface area contributed by atoms with Gasteiger partial charge in [0.15, 0.2) is 0 Å². The van der Waals surface area contributed by atoms with Gasteiger partial charge < -0.3 is 10.2 Å². The zero-order valence-electron chi connectivity index (χ0n) is 12.7. The minimum atomic E-state index is -0.367. The van der Waals surface area contributed by atoms with Gasteiger partial charge in [-0.25, -0.2) is 0 Å². The Morgan fingerprint density at radius 3 is 2.83 bits per heavy atom. The number of hydrogen-bond donors (Lipinski definition) is 1. The number of nitrogens with zero attached hydrogens (tertiary/aromatic N) is 1. The summed E-state index contributed by atoms with van der Waals surface area (Å²) in [5.41, 5.74) is 0.868. The van der Waals surface area contributed by atoms with E-state index in [9.17, 15) is 9.59 Å². The van der Waals surface area contributed by atoms with Crippen LogP contribution in [-0.4, -0.2) is 23.8 Å². The second-order valence-corrected chi connectivity index (χ2v) is 6.97. The van der Waals surface area contributed by atoms with Gasteiger partial charge >= 0.3 is 0 Å². The van der Waals surface area contributed by atoms with E-state index in [-0.39, 0.29) is 30.2 Å². The summed E-state index contributed by atoms with van der Waals surface area (Å²) in [6.07, 6.45) is 0.243. The van der Waals surface area contributed by atoms with Crippen LogP contribution >= 0.6 is 22.9 Å². The predicted molar refractivity (Wildman–Crippen MR) is 91.2 cm³/mol. The number of hydrogen-bond acceptors (Lipinski definition) is 3. The molecule has 2 atom stereocenters. The molecule has 6 heteroatoms. The van der Waals surface area contributed by atoms with Crippen LogP contribution in [0.1, 0.15) is 22.9 Å². The minimum Gasteiger partial charge on any atom is -0.352 e. The Bertz CT molecular complexity index is 717. The second kappa shape index (κ2) is 6.72. The van der Waals surface area contributed by atoms with E-state index in [0.29, 0.717) is 11.6 Å². The quantitative estimate of drug-likeness (QED) is 0.922. The van der Waals surface area contributed by atoms with Crippen molar-refractivity contribution in [1.29, 1.82) is 0 Å². The van der Waals surface area contributed by atoms with Crippen LogP contribution in [0.5, 0.6) is 0 Å². The Morgan fingerprint density at radius 2 is 2.13 bits per heavy atom. The Hall–Kier alpha value is -1.85. The highest BCUT2D eigenvalue weighted by molar-refractivity contribution is 7.10. The fourth-order valence-electron chi connectivity index (χ4n) is 2.91. The molecule has 1 saturated heterocycles. The molecule has 1 aliphatic rings.